The van der Waals surface area contributed by atoms with Crippen LogP contribution in [-0.4, -0.2) is 88.4 Å². The molecule has 0 bridgehead atoms. The number of hydrogen-bond acceptors (Lipinski definition) is 4. The van der Waals surface area contributed by atoms with Gasteiger partial charge in [-0.25, -0.2) is 0 Å². The largest absolute Gasteiger partial charge is 0.382 e. The molecule has 0 aromatic rings. The van der Waals surface area contributed by atoms with Gasteiger partial charge in [0.05, 0.1) is 0 Å². The van der Waals surface area contributed by atoms with Crippen LogP contribution >= 0.6 is 0 Å². The second kappa shape index (κ2) is 12.5. The van der Waals surface area contributed by atoms with Gasteiger partial charge in [0.25, 0.3) is 0 Å². The molecule has 6 heteroatoms. The molecule has 0 aromatic carbocycles. The van der Waals surface area contributed by atoms with E-state index in [4.69, 9.17) is 4.74 Å². The summed E-state index contributed by atoms with van der Waals surface area (Å²) in [6.07, 6.45) is 2.19. The zero-order valence-electron chi connectivity index (χ0n) is 16.5. The number of hydrogen-bond donors (Lipinski definition) is 2. The number of nitrogens with zero attached hydrogens (tertiary/aromatic N) is 3. The van der Waals surface area contributed by atoms with Crippen LogP contribution in [0.1, 0.15) is 33.6 Å². The smallest absolute Gasteiger partial charge is 0.191 e. The topological polar surface area (TPSA) is 52.1 Å². The van der Waals surface area contributed by atoms with E-state index in [1.807, 2.05) is 14.0 Å². The zero-order valence-corrected chi connectivity index (χ0v) is 16.5. The van der Waals surface area contributed by atoms with Crippen molar-refractivity contribution in [1.82, 2.24) is 20.4 Å². The van der Waals surface area contributed by atoms with Crippen LogP contribution in [0.25, 0.3) is 0 Å². The molecular formula is C18H39N5O. The SMILES string of the molecule is CCOCCCCNC(=NC)NCC(C(C)C)N1CCN(C)CC1. The lowest BCUT2D eigenvalue weighted by Gasteiger charge is -2.40. The molecule has 2 N–H and O–H groups in total. The van der Waals surface area contributed by atoms with Crippen molar-refractivity contribution in [3.63, 3.8) is 0 Å². The van der Waals surface area contributed by atoms with Crippen LogP contribution in [-0.2, 0) is 4.74 Å². The molecule has 0 amide bonds. The highest BCUT2D eigenvalue weighted by atomic mass is 16.5. The maximum atomic E-state index is 5.36. The lowest BCUT2D eigenvalue weighted by molar-refractivity contribution is 0.0900. The van der Waals surface area contributed by atoms with E-state index in [9.17, 15) is 0 Å². The number of guanidine groups is 1. The number of nitrogens with one attached hydrogen (secondary N) is 2. The maximum Gasteiger partial charge on any atom is 0.191 e. The minimum absolute atomic E-state index is 0.551. The molecule has 1 unspecified atom stereocenters. The van der Waals surface area contributed by atoms with Gasteiger partial charge in [-0.15, -0.1) is 0 Å². The van der Waals surface area contributed by atoms with Gasteiger partial charge in [0, 0.05) is 65.6 Å². The van der Waals surface area contributed by atoms with Crippen LogP contribution in [0.4, 0.5) is 0 Å². The van der Waals surface area contributed by atoms with E-state index in [1.54, 1.807) is 0 Å². The molecule has 1 atom stereocenters. The Morgan fingerprint density at radius 2 is 1.83 bits per heavy atom. The van der Waals surface area contributed by atoms with Crippen LogP contribution < -0.4 is 10.6 Å². The fourth-order valence-electron chi connectivity index (χ4n) is 3.04. The van der Waals surface area contributed by atoms with Crippen molar-refractivity contribution in [3.8, 4) is 0 Å². The Balaban J connectivity index is 2.30. The quantitative estimate of drug-likeness (QED) is 0.356. The van der Waals surface area contributed by atoms with Gasteiger partial charge in [-0.3, -0.25) is 9.89 Å². The monoisotopic (exact) mass is 341 g/mol. The maximum absolute atomic E-state index is 5.36. The summed E-state index contributed by atoms with van der Waals surface area (Å²) in [7, 11) is 4.05. The molecule has 0 radical (unpaired) electrons. The van der Waals surface area contributed by atoms with Crippen molar-refractivity contribution < 1.29 is 4.74 Å². The van der Waals surface area contributed by atoms with Gasteiger partial charge in [0.15, 0.2) is 5.96 Å². The van der Waals surface area contributed by atoms with Gasteiger partial charge in [-0.2, -0.15) is 0 Å². The third-order valence-corrected chi connectivity index (χ3v) is 4.69. The Morgan fingerprint density at radius 3 is 2.42 bits per heavy atom. The van der Waals surface area contributed by atoms with E-state index < -0.39 is 0 Å². The normalized spacial score (nSPS) is 18.8. The van der Waals surface area contributed by atoms with Crippen molar-refractivity contribution in [1.29, 1.82) is 0 Å². The molecule has 1 aliphatic heterocycles. The predicted molar refractivity (Wildman–Crippen MR) is 103 cm³/mol. The van der Waals surface area contributed by atoms with E-state index >= 15 is 0 Å². The lowest BCUT2D eigenvalue weighted by atomic mass is 10.0. The molecule has 0 aromatic heterocycles. The number of aliphatic imine (C=N–C) groups is 1. The number of piperazine rings is 1. The van der Waals surface area contributed by atoms with Crippen LogP contribution in [0.15, 0.2) is 4.99 Å². The van der Waals surface area contributed by atoms with Crippen LogP contribution in [0.2, 0.25) is 0 Å². The first-order chi connectivity index (χ1) is 11.6. The summed E-state index contributed by atoms with van der Waals surface area (Å²) in [5, 5.41) is 6.92. The van der Waals surface area contributed by atoms with Crippen molar-refractivity contribution in [3.05, 3.63) is 0 Å². The summed E-state index contributed by atoms with van der Waals surface area (Å²) in [5.74, 6) is 1.54. The van der Waals surface area contributed by atoms with Crippen LogP contribution in [0.3, 0.4) is 0 Å². The minimum atomic E-state index is 0.551. The third-order valence-electron chi connectivity index (χ3n) is 4.69. The van der Waals surface area contributed by atoms with Crippen molar-refractivity contribution in [2.45, 2.75) is 39.7 Å². The van der Waals surface area contributed by atoms with E-state index in [1.165, 1.54) is 0 Å². The summed E-state index contributed by atoms with van der Waals surface area (Å²) in [4.78, 5) is 9.37. The fraction of sp³-hybridized carbons (Fsp3) is 0.944. The second-order valence-corrected chi connectivity index (χ2v) is 6.93. The molecule has 1 heterocycles. The van der Waals surface area contributed by atoms with Crippen molar-refractivity contribution in [2.24, 2.45) is 10.9 Å². The molecule has 142 valence electrons. The first-order valence-corrected chi connectivity index (χ1v) is 9.53. The number of unbranched alkanes of at least 4 members (excludes halogenated alkanes) is 1. The molecule has 6 nitrogen and oxygen atoms in total. The van der Waals surface area contributed by atoms with Gasteiger partial charge in [-0.1, -0.05) is 13.8 Å². The average molecular weight is 342 g/mol. The predicted octanol–water partition coefficient (Wildman–Crippen LogP) is 1.24. The Hall–Kier alpha value is -0.850. The summed E-state index contributed by atoms with van der Waals surface area (Å²) >= 11 is 0. The van der Waals surface area contributed by atoms with E-state index in [0.29, 0.717) is 12.0 Å². The highest BCUT2D eigenvalue weighted by molar-refractivity contribution is 5.79. The van der Waals surface area contributed by atoms with E-state index in [-0.39, 0.29) is 0 Å². The summed E-state index contributed by atoms with van der Waals surface area (Å²) in [6.45, 7) is 14.8. The van der Waals surface area contributed by atoms with Gasteiger partial charge in [-0.05, 0) is 32.7 Å². The number of rotatable bonds is 10. The van der Waals surface area contributed by atoms with E-state index in [0.717, 1.165) is 71.3 Å². The summed E-state index contributed by atoms with van der Waals surface area (Å²) in [5.41, 5.74) is 0. The highest BCUT2D eigenvalue weighted by Crippen LogP contribution is 2.12. The summed E-state index contributed by atoms with van der Waals surface area (Å²) in [6, 6.07) is 0.551. The van der Waals surface area contributed by atoms with Gasteiger partial charge >= 0.3 is 0 Å². The molecule has 1 aliphatic rings. The molecule has 1 rings (SSSR count). The first-order valence-electron chi connectivity index (χ1n) is 9.53. The number of ether oxygens (including phenoxy) is 1. The fourth-order valence-corrected chi connectivity index (χ4v) is 3.04. The molecule has 1 fully saturated rings. The molecule has 0 spiro atoms. The Bertz CT molecular complexity index is 340. The van der Waals surface area contributed by atoms with Gasteiger partial charge in [0.2, 0.25) is 0 Å². The molecule has 24 heavy (non-hydrogen) atoms. The summed E-state index contributed by atoms with van der Waals surface area (Å²) < 4.78 is 5.36. The van der Waals surface area contributed by atoms with Crippen LogP contribution in [0.5, 0.6) is 0 Å². The first kappa shape index (κ1) is 21.2. The van der Waals surface area contributed by atoms with E-state index in [2.05, 4.69) is 46.3 Å². The average Bonchev–Trinajstić information content (AvgIpc) is 2.57. The van der Waals surface area contributed by atoms with Gasteiger partial charge < -0.3 is 20.3 Å². The molecular weight excluding hydrogens is 302 g/mol. The molecule has 1 saturated heterocycles. The molecule has 0 aliphatic carbocycles. The Labute approximate surface area is 149 Å². The van der Waals surface area contributed by atoms with Crippen molar-refractivity contribution in [2.75, 3.05) is 66.6 Å². The Morgan fingerprint density at radius 1 is 1.12 bits per heavy atom. The Kier molecular flexibility index (Phi) is 11.0. The highest BCUT2D eigenvalue weighted by Gasteiger charge is 2.24. The standard InChI is InChI=1S/C18H39N5O/c1-6-24-14-8-7-9-20-18(19-4)21-15-17(16(2)3)23-12-10-22(5)11-13-23/h16-17H,6-15H2,1-5H3,(H2,19,20,21). The molecule has 0 saturated carbocycles. The second-order valence-electron chi connectivity index (χ2n) is 6.93. The number of likely N-dealkylation sites (N-methyl/N-ethyl adjacent to an activating group) is 1. The van der Waals surface area contributed by atoms with Gasteiger partial charge in [0.1, 0.15) is 0 Å². The zero-order chi connectivity index (χ0) is 17.8. The lowest BCUT2D eigenvalue weighted by Crippen LogP contribution is -2.55. The third kappa shape index (κ3) is 8.31. The van der Waals surface area contributed by atoms with Crippen LogP contribution in [0, 0.1) is 5.92 Å². The minimum Gasteiger partial charge on any atom is -0.382 e. The van der Waals surface area contributed by atoms with Crippen molar-refractivity contribution >= 4 is 5.96 Å².